The van der Waals surface area contributed by atoms with Crippen molar-refractivity contribution in [3.8, 4) is 0 Å². The van der Waals surface area contributed by atoms with Crippen molar-refractivity contribution in [2.75, 3.05) is 12.9 Å². The van der Waals surface area contributed by atoms with Crippen LogP contribution in [0.2, 0.25) is 0 Å². The smallest absolute Gasteiger partial charge is 0.355 e. The Balaban J connectivity index is 2.37. The minimum atomic E-state index is -0.508. The molecule has 0 aromatic carbocycles. The highest BCUT2D eigenvalue weighted by atomic mass is 32.2. The maximum Gasteiger partial charge on any atom is 0.355 e. The number of ether oxygens (including phenoxy) is 1. The molecule has 2 aliphatic heterocycles. The Hall–Kier alpha value is -1.27. The van der Waals surface area contributed by atoms with E-state index in [-0.39, 0.29) is 11.3 Å². The fraction of sp³-hybridized carbons (Fsp3) is 0.500. The van der Waals surface area contributed by atoms with Gasteiger partial charge in [0.05, 0.1) is 7.11 Å². The number of amides is 1. The topological polar surface area (TPSA) is 72.6 Å². The van der Waals surface area contributed by atoms with E-state index in [1.807, 2.05) is 19.1 Å². The predicted molar refractivity (Wildman–Crippen MR) is 69.5 cm³/mol. The molecule has 2 atom stereocenters. The first kappa shape index (κ1) is 13.2. The van der Waals surface area contributed by atoms with Crippen LogP contribution in [0.25, 0.3) is 0 Å². The number of hydrogen-bond donors (Lipinski definition) is 1. The van der Waals surface area contributed by atoms with Crippen molar-refractivity contribution < 1.29 is 14.3 Å². The molecule has 1 amide bonds. The van der Waals surface area contributed by atoms with Gasteiger partial charge in [0.1, 0.15) is 17.1 Å². The quantitative estimate of drug-likeness (QED) is 0.600. The van der Waals surface area contributed by atoms with E-state index in [1.165, 1.54) is 12.0 Å². The van der Waals surface area contributed by atoms with Crippen LogP contribution >= 0.6 is 11.8 Å². The third-order valence-electron chi connectivity index (χ3n) is 2.97. The van der Waals surface area contributed by atoms with Gasteiger partial charge in [0, 0.05) is 5.75 Å². The minimum absolute atomic E-state index is 0.134. The summed E-state index contributed by atoms with van der Waals surface area (Å²) in [5.74, 6) is -0.0189. The second kappa shape index (κ2) is 5.16. The molecule has 0 aliphatic carbocycles. The molecule has 0 bridgehead atoms. The SMILES string of the molecule is CC/C=C/C1=C(C(=O)OC)N2C(=O)C(N)C2SC1. The summed E-state index contributed by atoms with van der Waals surface area (Å²) in [5, 5.41) is -0.134. The number of allylic oxidation sites excluding steroid dienone is 2. The second-order valence-corrected chi connectivity index (χ2v) is 5.22. The third kappa shape index (κ3) is 1.95. The van der Waals surface area contributed by atoms with Gasteiger partial charge in [0.25, 0.3) is 0 Å². The van der Waals surface area contributed by atoms with Crippen molar-refractivity contribution in [2.45, 2.75) is 24.8 Å². The molecule has 1 fully saturated rings. The second-order valence-electron chi connectivity index (χ2n) is 4.11. The molecule has 0 radical (unpaired) electrons. The van der Waals surface area contributed by atoms with Crippen LogP contribution in [0.1, 0.15) is 13.3 Å². The fourth-order valence-corrected chi connectivity index (χ4v) is 3.28. The van der Waals surface area contributed by atoms with Gasteiger partial charge in [-0.1, -0.05) is 19.1 Å². The lowest BCUT2D eigenvalue weighted by atomic mass is 10.0. The largest absolute Gasteiger partial charge is 0.464 e. The van der Waals surface area contributed by atoms with Crippen LogP contribution in [0.4, 0.5) is 0 Å². The molecule has 2 unspecified atom stereocenters. The molecule has 0 saturated carbocycles. The van der Waals surface area contributed by atoms with Crippen LogP contribution < -0.4 is 5.73 Å². The van der Waals surface area contributed by atoms with Crippen molar-refractivity contribution in [3.63, 3.8) is 0 Å². The van der Waals surface area contributed by atoms with Crippen LogP contribution in [0.5, 0.6) is 0 Å². The van der Waals surface area contributed by atoms with Crippen LogP contribution in [-0.4, -0.2) is 41.1 Å². The first-order valence-electron chi connectivity index (χ1n) is 5.80. The lowest BCUT2D eigenvalue weighted by Gasteiger charge is -2.48. The minimum Gasteiger partial charge on any atom is -0.464 e. The molecule has 0 aromatic rings. The first-order chi connectivity index (χ1) is 8.61. The molecule has 6 heteroatoms. The van der Waals surface area contributed by atoms with Gasteiger partial charge in [-0.2, -0.15) is 0 Å². The molecule has 2 aliphatic rings. The summed E-state index contributed by atoms with van der Waals surface area (Å²) in [7, 11) is 1.32. The maximum absolute atomic E-state index is 11.8. The number of methoxy groups -OCH3 is 1. The Bertz CT molecular complexity index is 445. The monoisotopic (exact) mass is 268 g/mol. The van der Waals surface area contributed by atoms with Gasteiger partial charge < -0.3 is 10.5 Å². The number of nitrogens with zero attached hydrogens (tertiary/aromatic N) is 1. The average Bonchev–Trinajstić information content (AvgIpc) is 2.42. The average molecular weight is 268 g/mol. The van der Waals surface area contributed by atoms with Gasteiger partial charge in [-0.05, 0) is 12.0 Å². The number of carbonyl (C=O) groups is 2. The highest BCUT2D eigenvalue weighted by Crippen LogP contribution is 2.39. The van der Waals surface area contributed by atoms with Gasteiger partial charge in [-0.15, -0.1) is 11.8 Å². The number of esters is 1. The van der Waals surface area contributed by atoms with E-state index in [4.69, 9.17) is 10.5 Å². The molecule has 2 rings (SSSR count). The zero-order valence-electron chi connectivity index (χ0n) is 10.4. The Morgan fingerprint density at radius 2 is 2.39 bits per heavy atom. The fourth-order valence-electron chi connectivity index (χ4n) is 2.01. The van der Waals surface area contributed by atoms with Crippen molar-refractivity contribution in [3.05, 3.63) is 23.4 Å². The van der Waals surface area contributed by atoms with Crippen LogP contribution in [0.15, 0.2) is 23.4 Å². The molecule has 0 spiro atoms. The molecule has 5 nitrogen and oxygen atoms in total. The van der Waals surface area contributed by atoms with E-state index in [0.717, 1.165) is 12.0 Å². The zero-order chi connectivity index (χ0) is 13.3. The van der Waals surface area contributed by atoms with E-state index < -0.39 is 12.0 Å². The van der Waals surface area contributed by atoms with Crippen molar-refractivity contribution >= 4 is 23.6 Å². The summed E-state index contributed by atoms with van der Waals surface area (Å²) in [6, 6.07) is -0.508. The normalized spacial score (nSPS) is 27.3. The van der Waals surface area contributed by atoms with Gasteiger partial charge in [-0.3, -0.25) is 9.69 Å². The van der Waals surface area contributed by atoms with Crippen molar-refractivity contribution in [2.24, 2.45) is 5.73 Å². The van der Waals surface area contributed by atoms with E-state index in [1.54, 1.807) is 11.8 Å². The predicted octanol–water partition coefficient (Wildman–Crippen LogP) is 0.622. The molecule has 2 heterocycles. The van der Waals surface area contributed by atoms with E-state index in [0.29, 0.717) is 11.4 Å². The number of nitrogens with two attached hydrogens (primary N) is 1. The summed E-state index contributed by atoms with van der Waals surface area (Å²) < 4.78 is 4.76. The van der Waals surface area contributed by atoms with Gasteiger partial charge in [0.2, 0.25) is 5.91 Å². The van der Waals surface area contributed by atoms with Gasteiger partial charge in [-0.25, -0.2) is 4.79 Å². The summed E-state index contributed by atoms with van der Waals surface area (Å²) in [5.41, 5.74) is 6.89. The summed E-state index contributed by atoms with van der Waals surface area (Å²) in [6.07, 6.45) is 4.72. The molecule has 0 aromatic heterocycles. The van der Waals surface area contributed by atoms with Crippen molar-refractivity contribution in [1.82, 2.24) is 4.90 Å². The number of β-lactam (4-membered cyclic amide) rings is 1. The number of hydrogen-bond acceptors (Lipinski definition) is 5. The van der Waals surface area contributed by atoms with Gasteiger partial charge in [0.15, 0.2) is 0 Å². The molecular weight excluding hydrogens is 252 g/mol. The number of thioether (sulfide) groups is 1. The van der Waals surface area contributed by atoms with Crippen LogP contribution in [-0.2, 0) is 14.3 Å². The summed E-state index contributed by atoms with van der Waals surface area (Å²) in [4.78, 5) is 25.1. The van der Waals surface area contributed by atoms with Crippen molar-refractivity contribution in [1.29, 1.82) is 0 Å². The van der Waals surface area contributed by atoms with Gasteiger partial charge >= 0.3 is 5.97 Å². The first-order valence-corrected chi connectivity index (χ1v) is 6.85. The summed E-state index contributed by atoms with van der Waals surface area (Å²) in [6.45, 7) is 2.01. The van der Waals surface area contributed by atoms with E-state index in [9.17, 15) is 9.59 Å². The highest BCUT2D eigenvalue weighted by Gasteiger charge is 2.51. The molecule has 18 heavy (non-hydrogen) atoms. The lowest BCUT2D eigenvalue weighted by Crippen LogP contribution is -2.68. The number of rotatable bonds is 3. The van der Waals surface area contributed by atoms with Crippen LogP contribution in [0.3, 0.4) is 0 Å². The molecule has 2 N–H and O–H groups in total. The molecule has 1 saturated heterocycles. The lowest BCUT2D eigenvalue weighted by molar-refractivity contribution is -0.149. The Labute approximate surface area is 110 Å². The Kier molecular flexibility index (Phi) is 3.77. The Morgan fingerprint density at radius 3 is 3.00 bits per heavy atom. The standard InChI is InChI=1S/C12H16N2O3S/c1-3-4-5-7-6-18-11-8(13)10(15)14(11)9(7)12(16)17-2/h4-5,8,11H,3,6,13H2,1-2H3/b5-4+. The third-order valence-corrected chi connectivity index (χ3v) is 4.30. The highest BCUT2D eigenvalue weighted by molar-refractivity contribution is 8.00. The number of carbonyl (C=O) groups excluding carboxylic acids is 2. The summed E-state index contributed by atoms with van der Waals surface area (Å²) >= 11 is 1.58. The van der Waals surface area contributed by atoms with E-state index in [2.05, 4.69) is 0 Å². The maximum atomic E-state index is 11.8. The van der Waals surface area contributed by atoms with Crippen LogP contribution in [0, 0.1) is 0 Å². The molecule has 98 valence electrons. The zero-order valence-corrected chi connectivity index (χ0v) is 11.2. The Morgan fingerprint density at radius 1 is 1.67 bits per heavy atom. The van der Waals surface area contributed by atoms with E-state index >= 15 is 0 Å². The molecular formula is C12H16N2O3S. The number of fused-ring (bicyclic) bond motifs is 1.